The molecule has 0 aliphatic carbocycles. The summed E-state index contributed by atoms with van der Waals surface area (Å²) in [6.45, 7) is 5.37. The van der Waals surface area contributed by atoms with Crippen LogP contribution in [0.3, 0.4) is 0 Å². The number of nitrogens with zero attached hydrogens (tertiary/aromatic N) is 2. The third kappa shape index (κ3) is 13.4. The van der Waals surface area contributed by atoms with Gasteiger partial charge < -0.3 is 25.8 Å². The van der Waals surface area contributed by atoms with E-state index >= 15 is 0 Å². The highest BCUT2D eigenvalue weighted by Gasteiger charge is 2.34. The van der Waals surface area contributed by atoms with Gasteiger partial charge in [-0.1, -0.05) is 106 Å². The zero-order chi connectivity index (χ0) is 45.9. The second-order valence-corrected chi connectivity index (χ2v) is 16.4. The molecule has 0 aliphatic rings. The molecule has 0 aliphatic heterocycles. The molecule has 0 fully saturated rings. The molecular weight excluding hydrogens is 822 g/mol. The molecule has 16 heteroatoms. The van der Waals surface area contributed by atoms with E-state index < -0.39 is 37.7 Å². The van der Waals surface area contributed by atoms with E-state index in [0.717, 1.165) is 115 Å². The van der Waals surface area contributed by atoms with Crippen molar-refractivity contribution in [3.63, 3.8) is 0 Å². The van der Waals surface area contributed by atoms with Crippen LogP contribution in [0.5, 0.6) is 0 Å². The Labute approximate surface area is 366 Å². The van der Waals surface area contributed by atoms with E-state index in [9.17, 15) is 51.2 Å². The second kappa shape index (κ2) is 22.6. The number of Topliss-reactive ketones (excluding diaryl/α,β-unsaturated/α-hetero) is 1. The van der Waals surface area contributed by atoms with E-state index in [0.29, 0.717) is 37.0 Å². The summed E-state index contributed by atoms with van der Waals surface area (Å²) in [5, 5.41) is 44.1. The smallest absolute Gasteiger partial charge is 0.423 e. The molecule has 5 aromatic rings. The van der Waals surface area contributed by atoms with Crippen molar-refractivity contribution in [2.75, 3.05) is 19.6 Å². The Bertz CT molecular complexity index is 2310. The predicted octanol–water partition coefficient (Wildman–Crippen LogP) is 8.09. The van der Waals surface area contributed by atoms with E-state index in [1.54, 1.807) is 12.1 Å². The first-order valence-electron chi connectivity index (χ1n) is 21.7. The first-order chi connectivity index (χ1) is 29.9. The van der Waals surface area contributed by atoms with Crippen LogP contribution in [0.25, 0.3) is 21.5 Å². The van der Waals surface area contributed by atoms with Crippen molar-refractivity contribution in [2.45, 2.75) is 110 Å². The number of ketones is 1. The molecule has 0 aromatic heterocycles. The SMILES string of the molecule is CCCCCCCN(Cc1cc(C(F)(F)F)ccc1B(O)O)Cc1c2ccccc2c(CN(CCCCCCN)Cc2cc(C(F)(F)F)ccc2B(O)O)c2cc(C(C)=O)ccc12. The quantitative estimate of drug-likeness (QED) is 0.0147. The summed E-state index contributed by atoms with van der Waals surface area (Å²) in [6.07, 6.45) is -1.54. The van der Waals surface area contributed by atoms with Gasteiger partial charge in [0.2, 0.25) is 0 Å². The molecule has 0 spiro atoms. The fourth-order valence-corrected chi connectivity index (χ4v) is 8.39. The van der Waals surface area contributed by atoms with Crippen LogP contribution in [0.15, 0.2) is 78.9 Å². The van der Waals surface area contributed by atoms with Crippen molar-refractivity contribution < 1.29 is 51.2 Å². The van der Waals surface area contributed by atoms with E-state index in [1.165, 1.54) is 6.92 Å². The maximum atomic E-state index is 14.0. The molecule has 8 nitrogen and oxygen atoms in total. The minimum atomic E-state index is -4.67. The largest absolute Gasteiger partial charge is 0.488 e. The average molecular weight is 880 g/mol. The lowest BCUT2D eigenvalue weighted by Crippen LogP contribution is -2.36. The van der Waals surface area contributed by atoms with Gasteiger partial charge in [0.1, 0.15) is 0 Å². The Kier molecular flexibility index (Phi) is 17.8. The maximum Gasteiger partial charge on any atom is 0.488 e. The van der Waals surface area contributed by atoms with Crippen LogP contribution in [-0.4, -0.2) is 69.6 Å². The van der Waals surface area contributed by atoms with Crippen molar-refractivity contribution in [3.8, 4) is 0 Å². The average Bonchev–Trinajstić information content (AvgIpc) is 3.23. The van der Waals surface area contributed by atoms with Gasteiger partial charge in [-0.3, -0.25) is 14.6 Å². The van der Waals surface area contributed by atoms with Gasteiger partial charge in [-0.25, -0.2) is 0 Å². The number of unbranched alkanes of at least 4 members (excludes halogenated alkanes) is 7. The van der Waals surface area contributed by atoms with Crippen molar-refractivity contribution in [2.24, 2.45) is 5.73 Å². The molecule has 0 heterocycles. The number of hydrogen-bond donors (Lipinski definition) is 5. The summed E-state index contributed by atoms with van der Waals surface area (Å²) >= 11 is 0. The van der Waals surface area contributed by atoms with Gasteiger partial charge in [0.15, 0.2) is 5.78 Å². The van der Waals surface area contributed by atoms with Gasteiger partial charge in [0.25, 0.3) is 0 Å². The van der Waals surface area contributed by atoms with E-state index in [2.05, 4.69) is 6.92 Å². The highest BCUT2D eigenvalue weighted by molar-refractivity contribution is 6.59. The Morgan fingerprint density at radius 2 is 1.02 bits per heavy atom. The van der Waals surface area contributed by atoms with E-state index in [-0.39, 0.29) is 54.0 Å². The molecule has 0 unspecified atom stereocenters. The van der Waals surface area contributed by atoms with Gasteiger partial charge in [-0.15, -0.1) is 0 Å². The number of fused-ring (bicyclic) bond motifs is 2. The normalized spacial score (nSPS) is 12.3. The number of nitrogens with two attached hydrogens (primary N) is 1. The first kappa shape index (κ1) is 49.7. The maximum absolute atomic E-state index is 14.0. The topological polar surface area (TPSA) is 130 Å². The zero-order valence-corrected chi connectivity index (χ0v) is 35.9. The van der Waals surface area contributed by atoms with Crippen molar-refractivity contribution in [1.29, 1.82) is 0 Å². The summed E-state index contributed by atoms with van der Waals surface area (Å²) in [6, 6.07) is 18.8. The van der Waals surface area contributed by atoms with Gasteiger partial charge in [0, 0.05) is 31.7 Å². The van der Waals surface area contributed by atoms with E-state index in [1.807, 2.05) is 40.1 Å². The molecular formula is C47H57B2F6N3O5. The van der Waals surface area contributed by atoms with Crippen molar-refractivity contribution in [3.05, 3.63) is 118 Å². The van der Waals surface area contributed by atoms with Gasteiger partial charge in [-0.05, 0) is 119 Å². The van der Waals surface area contributed by atoms with Gasteiger partial charge >= 0.3 is 26.6 Å². The molecule has 5 rings (SSSR count). The minimum Gasteiger partial charge on any atom is -0.423 e. The third-order valence-corrected chi connectivity index (χ3v) is 11.7. The van der Waals surface area contributed by atoms with Crippen molar-refractivity contribution >= 4 is 52.5 Å². The molecule has 0 bridgehead atoms. The molecule has 0 saturated heterocycles. The number of halogens is 6. The molecule has 0 saturated carbocycles. The fourth-order valence-electron chi connectivity index (χ4n) is 8.39. The Morgan fingerprint density at radius 1 is 0.571 bits per heavy atom. The second-order valence-electron chi connectivity index (χ2n) is 16.4. The highest BCUT2D eigenvalue weighted by atomic mass is 19.4. The summed E-state index contributed by atoms with van der Waals surface area (Å²) in [5.41, 5.74) is 6.12. The minimum absolute atomic E-state index is 0.0261. The Hall–Kier alpha value is -4.28. The lowest BCUT2D eigenvalue weighted by Gasteiger charge is -2.29. The van der Waals surface area contributed by atoms with Crippen LogP contribution in [-0.2, 0) is 38.5 Å². The summed E-state index contributed by atoms with van der Waals surface area (Å²) in [4.78, 5) is 16.9. The summed E-state index contributed by atoms with van der Waals surface area (Å²) in [7, 11) is -4.02. The van der Waals surface area contributed by atoms with Gasteiger partial charge in [-0.2, -0.15) is 26.3 Å². The lowest BCUT2D eigenvalue weighted by atomic mass is 9.76. The predicted molar refractivity (Wildman–Crippen MR) is 239 cm³/mol. The monoisotopic (exact) mass is 879 g/mol. The molecule has 0 atom stereocenters. The number of alkyl halides is 6. The molecule has 6 N–H and O–H groups in total. The number of benzene rings is 5. The lowest BCUT2D eigenvalue weighted by molar-refractivity contribution is -0.138. The van der Waals surface area contributed by atoms with Gasteiger partial charge in [0.05, 0.1) is 11.1 Å². The third-order valence-electron chi connectivity index (χ3n) is 11.7. The molecule has 5 aromatic carbocycles. The van der Waals surface area contributed by atoms with Crippen molar-refractivity contribution in [1.82, 2.24) is 9.80 Å². The number of carbonyl (C=O) groups excluding carboxylic acids is 1. The van der Waals surface area contributed by atoms with E-state index in [4.69, 9.17) is 5.73 Å². The molecule has 63 heavy (non-hydrogen) atoms. The fraction of sp³-hybridized carbons (Fsp3) is 0.426. The number of rotatable bonds is 23. The molecule has 338 valence electrons. The zero-order valence-electron chi connectivity index (χ0n) is 35.9. The van der Waals surface area contributed by atoms with Crippen LogP contribution < -0.4 is 16.7 Å². The highest BCUT2D eigenvalue weighted by Crippen LogP contribution is 2.37. The Morgan fingerprint density at radius 3 is 1.44 bits per heavy atom. The molecule has 0 amide bonds. The van der Waals surface area contributed by atoms with Crippen LogP contribution in [0.1, 0.15) is 115 Å². The van der Waals surface area contributed by atoms with Crippen LogP contribution in [0, 0.1) is 0 Å². The first-order valence-corrected chi connectivity index (χ1v) is 21.7. The van der Waals surface area contributed by atoms with Crippen LogP contribution in [0.4, 0.5) is 26.3 Å². The molecule has 0 radical (unpaired) electrons. The number of hydrogen-bond acceptors (Lipinski definition) is 8. The summed E-state index contributed by atoms with van der Waals surface area (Å²) in [5.74, 6) is -0.187. The summed E-state index contributed by atoms with van der Waals surface area (Å²) < 4.78 is 84.0. The Balaban J connectivity index is 1.67. The van der Waals surface area contributed by atoms with Crippen LogP contribution in [0.2, 0.25) is 0 Å². The standard InChI is InChI=1S/C47H57B2F6N3O5/c1-3-4-5-7-12-23-57(28-34-25-36(46(50,51)52)17-20-44(34)48(60)61)30-42-38-14-9-10-15-39(38)43(41-27-33(32(2)59)16-19-40(41)42)31-58(24-13-8-6-11-22-56)29-35-26-37(47(53,54)55)18-21-45(35)49(62)63/h9-10,14-21,25-27,60-63H,3-8,11-13,22-24,28-31,56H2,1-2H3. The number of carbonyl (C=O) groups is 1. The van der Waals surface area contributed by atoms with Crippen LogP contribution >= 0.6 is 0 Å².